The minimum atomic E-state index is -0.893. The second kappa shape index (κ2) is 11.3. The average Bonchev–Trinajstić information content (AvgIpc) is 2.96. The minimum Gasteiger partial charge on any atom is -0.148 e. The van der Waals surface area contributed by atoms with Crippen molar-refractivity contribution in [1.82, 2.24) is 0 Å². The molecule has 0 saturated heterocycles. The summed E-state index contributed by atoms with van der Waals surface area (Å²) < 4.78 is 0. The molecule has 2 aromatic heterocycles. The van der Waals surface area contributed by atoms with Gasteiger partial charge in [0.15, 0.2) is 0 Å². The number of thiophene rings is 2. The Bertz CT molecular complexity index is 558. The third-order valence-electron chi connectivity index (χ3n) is 3.69. The molecule has 1 atom stereocenters. The van der Waals surface area contributed by atoms with Crippen molar-refractivity contribution in [1.29, 1.82) is 0 Å². The predicted molar refractivity (Wildman–Crippen MR) is 122 cm³/mol. The van der Waals surface area contributed by atoms with E-state index in [9.17, 15) is 0 Å². The molecule has 0 aliphatic rings. The van der Waals surface area contributed by atoms with Crippen molar-refractivity contribution in [2.75, 3.05) is 0 Å². The molecule has 2 heterocycles. The van der Waals surface area contributed by atoms with Gasteiger partial charge in [-0.05, 0) is 59.7 Å². The first-order chi connectivity index (χ1) is 10.1. The maximum atomic E-state index is 2.45. The van der Waals surface area contributed by atoms with Gasteiger partial charge < -0.3 is 0 Å². The lowest BCUT2D eigenvalue weighted by Crippen LogP contribution is -2.21. The van der Waals surface area contributed by atoms with Crippen LogP contribution in [0.4, 0.5) is 0 Å². The van der Waals surface area contributed by atoms with Crippen molar-refractivity contribution in [3.8, 4) is 0 Å². The summed E-state index contributed by atoms with van der Waals surface area (Å²) >= 11 is 3.78. The van der Waals surface area contributed by atoms with Crippen LogP contribution in [0.1, 0.15) is 68.3 Å². The van der Waals surface area contributed by atoms with Gasteiger partial charge in [0.05, 0.1) is 0 Å². The van der Waals surface area contributed by atoms with Crippen molar-refractivity contribution in [3.63, 3.8) is 0 Å². The van der Waals surface area contributed by atoms with Gasteiger partial charge in [0, 0.05) is 17.8 Å². The normalized spacial score (nSPS) is 11.9. The van der Waals surface area contributed by atoms with Gasteiger partial charge in [0.2, 0.25) is 0 Å². The second-order valence-corrected chi connectivity index (χ2v) is 15.2. The summed E-state index contributed by atoms with van der Waals surface area (Å²) in [5.41, 5.74) is 2.92. The molecule has 0 saturated carbocycles. The van der Waals surface area contributed by atoms with Crippen molar-refractivity contribution in [3.05, 3.63) is 43.8 Å². The van der Waals surface area contributed by atoms with E-state index < -0.39 is 8.07 Å². The Morgan fingerprint density at radius 1 is 0.833 bits per heavy atom. The van der Waals surface area contributed by atoms with Gasteiger partial charge in [0.1, 0.15) is 0 Å². The fourth-order valence-electron chi connectivity index (χ4n) is 2.88. The second-order valence-electron chi connectivity index (χ2n) is 7.76. The molecule has 0 bridgehead atoms. The largest absolute Gasteiger partial charge is 0.148 e. The van der Waals surface area contributed by atoms with Crippen LogP contribution in [0, 0.1) is 13.8 Å². The fourth-order valence-corrected chi connectivity index (χ4v) is 7.00. The van der Waals surface area contributed by atoms with Gasteiger partial charge in [-0.25, -0.2) is 0 Å². The molecule has 2 rings (SSSR count). The van der Waals surface area contributed by atoms with Gasteiger partial charge in [-0.1, -0.05) is 61.3 Å². The monoisotopic (exact) mass is 384 g/mol. The summed E-state index contributed by atoms with van der Waals surface area (Å²) in [5.74, 6) is 1.47. The summed E-state index contributed by atoms with van der Waals surface area (Å²) in [6, 6.07) is 5.83. The van der Waals surface area contributed by atoms with Gasteiger partial charge in [-0.15, -0.1) is 22.7 Å². The van der Waals surface area contributed by atoms with Crippen LogP contribution in [-0.2, 0) is 0 Å². The Hall–Kier alpha value is -0.383. The van der Waals surface area contributed by atoms with Gasteiger partial charge in [-0.3, -0.25) is 0 Å². The molecule has 3 heteroatoms. The van der Waals surface area contributed by atoms with Crippen LogP contribution in [0.15, 0.2) is 22.9 Å². The SMILES string of the molecule is C.C.Cc1ccsc1C(C)C.Cc1ccsc1C(C)C[Si](C)(C)C. The lowest BCUT2D eigenvalue weighted by Gasteiger charge is -2.21. The molecule has 0 N–H and O–H groups in total. The Labute approximate surface area is 161 Å². The number of aryl methyl sites for hydroxylation is 2. The van der Waals surface area contributed by atoms with E-state index in [0.29, 0.717) is 5.92 Å². The molecule has 2 aromatic rings. The van der Waals surface area contributed by atoms with Crippen LogP contribution in [-0.4, -0.2) is 8.07 Å². The molecule has 24 heavy (non-hydrogen) atoms. The molecule has 0 radical (unpaired) electrons. The van der Waals surface area contributed by atoms with E-state index in [-0.39, 0.29) is 14.9 Å². The summed E-state index contributed by atoms with van der Waals surface area (Å²) in [4.78, 5) is 3.12. The van der Waals surface area contributed by atoms with Crippen LogP contribution >= 0.6 is 22.7 Å². The van der Waals surface area contributed by atoms with E-state index in [4.69, 9.17) is 0 Å². The maximum Gasteiger partial charge on any atom is 0.0448 e. The highest BCUT2D eigenvalue weighted by molar-refractivity contribution is 7.10. The van der Waals surface area contributed by atoms with E-state index >= 15 is 0 Å². The summed E-state index contributed by atoms with van der Waals surface area (Å²) in [5, 5.41) is 4.37. The first-order valence-corrected chi connectivity index (χ1v) is 13.7. The Balaban J connectivity index is 0. The van der Waals surface area contributed by atoms with Crippen LogP contribution in [0.3, 0.4) is 0 Å². The fraction of sp³-hybridized carbons (Fsp3) is 0.619. The summed E-state index contributed by atoms with van der Waals surface area (Å²) in [6.45, 7) is 18.6. The quantitative estimate of drug-likeness (QED) is 0.461. The first kappa shape index (κ1) is 25.9. The standard InChI is InChI=1S/C11H20SSi.C8H12S.2CH4/c1-9-6-7-12-11(9)10(2)8-13(3,4)5;1-6(2)8-7(3)4-5-9-8;;/h6-7,10H,8H2,1-5H3;4-6H,1-3H3;2*1H4. The van der Waals surface area contributed by atoms with Crippen molar-refractivity contribution in [2.45, 2.75) is 87.0 Å². The third kappa shape index (κ3) is 8.64. The summed E-state index contributed by atoms with van der Waals surface area (Å²) in [7, 11) is -0.893. The molecule has 0 fully saturated rings. The van der Waals surface area contributed by atoms with Crippen molar-refractivity contribution in [2.24, 2.45) is 0 Å². The Morgan fingerprint density at radius 3 is 1.50 bits per heavy atom. The van der Waals surface area contributed by atoms with Crippen molar-refractivity contribution < 1.29 is 0 Å². The molecule has 0 nitrogen and oxygen atoms in total. The zero-order valence-electron chi connectivity index (χ0n) is 15.5. The van der Waals surface area contributed by atoms with E-state index in [1.807, 2.05) is 22.7 Å². The molecule has 140 valence electrons. The average molecular weight is 385 g/mol. The number of hydrogen-bond donors (Lipinski definition) is 0. The maximum absolute atomic E-state index is 2.45. The lowest BCUT2D eigenvalue weighted by atomic mass is 10.1. The minimum absolute atomic E-state index is 0. The smallest absolute Gasteiger partial charge is 0.0448 e. The highest BCUT2D eigenvalue weighted by Gasteiger charge is 2.20. The van der Waals surface area contributed by atoms with Crippen LogP contribution < -0.4 is 0 Å². The van der Waals surface area contributed by atoms with Gasteiger partial charge >= 0.3 is 0 Å². The first-order valence-electron chi connectivity index (χ1n) is 8.19. The van der Waals surface area contributed by atoms with E-state index in [0.717, 1.165) is 5.92 Å². The Kier molecular flexibility index (Phi) is 12.1. The van der Waals surface area contributed by atoms with Gasteiger partial charge in [-0.2, -0.15) is 0 Å². The lowest BCUT2D eigenvalue weighted by molar-refractivity contribution is 0.858. The molecular formula is C21H40S2Si. The zero-order valence-corrected chi connectivity index (χ0v) is 18.1. The van der Waals surface area contributed by atoms with Crippen LogP contribution in [0.5, 0.6) is 0 Å². The highest BCUT2D eigenvalue weighted by Crippen LogP contribution is 2.31. The molecule has 0 amide bonds. The predicted octanol–water partition coefficient (Wildman–Crippen LogP) is 8.95. The van der Waals surface area contributed by atoms with Crippen LogP contribution in [0.25, 0.3) is 0 Å². The topological polar surface area (TPSA) is 0 Å². The van der Waals surface area contributed by atoms with E-state index in [1.165, 1.54) is 22.0 Å². The van der Waals surface area contributed by atoms with E-state index in [2.05, 4.69) is 77.2 Å². The number of rotatable bonds is 4. The third-order valence-corrected chi connectivity index (χ3v) is 8.10. The molecule has 0 spiro atoms. The molecule has 0 aromatic carbocycles. The highest BCUT2D eigenvalue weighted by atomic mass is 32.1. The molecular weight excluding hydrogens is 344 g/mol. The summed E-state index contributed by atoms with van der Waals surface area (Å²) in [6.07, 6.45) is 0. The Morgan fingerprint density at radius 2 is 1.25 bits per heavy atom. The molecule has 0 aliphatic heterocycles. The van der Waals surface area contributed by atoms with E-state index in [1.54, 1.807) is 4.88 Å². The molecule has 0 aliphatic carbocycles. The van der Waals surface area contributed by atoms with Crippen molar-refractivity contribution >= 4 is 30.7 Å². The zero-order chi connectivity index (χ0) is 16.9. The number of hydrogen-bond acceptors (Lipinski definition) is 2. The van der Waals surface area contributed by atoms with Gasteiger partial charge in [0.25, 0.3) is 0 Å². The molecule has 1 unspecified atom stereocenters. The van der Waals surface area contributed by atoms with Crippen LogP contribution in [0.2, 0.25) is 25.7 Å².